The normalized spacial score (nSPS) is 25.5. The molecule has 4 rings (SSSR count). The van der Waals surface area contributed by atoms with Crippen molar-refractivity contribution in [3.05, 3.63) is 15.3 Å². The smallest absolute Gasteiger partial charge is 0.189 e. The molecule has 0 N–H and O–H groups in total. The molecule has 0 bridgehead atoms. The molecule has 2 aliphatic rings. The lowest BCUT2D eigenvalue weighted by Gasteiger charge is -2.36. The first-order valence-electron chi connectivity index (χ1n) is 7.83. The van der Waals surface area contributed by atoms with E-state index in [4.69, 9.17) is 21.1 Å². The molecule has 1 saturated heterocycles. The Kier molecular flexibility index (Phi) is 4.50. The van der Waals surface area contributed by atoms with Gasteiger partial charge in [0.15, 0.2) is 16.7 Å². The number of fused-ring (bicyclic) bond motifs is 1. The van der Waals surface area contributed by atoms with Crippen molar-refractivity contribution >= 4 is 56.0 Å². The molecule has 5 nitrogen and oxygen atoms in total. The van der Waals surface area contributed by atoms with Gasteiger partial charge >= 0.3 is 0 Å². The molecule has 1 aromatic heterocycles. The van der Waals surface area contributed by atoms with Crippen LogP contribution in [0.15, 0.2) is 9.63 Å². The lowest BCUT2D eigenvalue weighted by molar-refractivity contribution is 0.121. The van der Waals surface area contributed by atoms with Gasteiger partial charge in [-0.15, -0.1) is 0 Å². The van der Waals surface area contributed by atoms with Crippen LogP contribution in [0.4, 0.5) is 10.2 Å². The number of halogens is 3. The summed E-state index contributed by atoms with van der Waals surface area (Å²) in [4.78, 5) is 11.0. The molecule has 25 heavy (non-hydrogen) atoms. The van der Waals surface area contributed by atoms with Gasteiger partial charge in [0, 0.05) is 13.0 Å². The van der Waals surface area contributed by atoms with Gasteiger partial charge in [-0.1, -0.05) is 23.4 Å². The van der Waals surface area contributed by atoms with Gasteiger partial charge in [0.05, 0.1) is 29.1 Å². The lowest BCUT2D eigenvalue weighted by Crippen LogP contribution is -2.45. The van der Waals surface area contributed by atoms with Crippen molar-refractivity contribution in [1.82, 2.24) is 9.97 Å². The van der Waals surface area contributed by atoms with E-state index in [1.54, 1.807) is 0 Å². The van der Waals surface area contributed by atoms with Crippen molar-refractivity contribution in [3.63, 3.8) is 0 Å². The highest BCUT2D eigenvalue weighted by Crippen LogP contribution is 2.47. The van der Waals surface area contributed by atoms with E-state index in [2.05, 4.69) is 25.9 Å². The zero-order valence-electron chi connectivity index (χ0n) is 13.8. The SMILES string of the molecule is CSc1nc2c3c(c(Cl)c(Br)c(F)c3n1)OC(C)C1COCC1N2C. The van der Waals surface area contributed by atoms with E-state index in [9.17, 15) is 4.39 Å². The van der Waals surface area contributed by atoms with Crippen LogP contribution in [-0.4, -0.2) is 48.6 Å². The highest BCUT2D eigenvalue weighted by molar-refractivity contribution is 9.10. The van der Waals surface area contributed by atoms with Crippen LogP contribution in [0.5, 0.6) is 5.75 Å². The molecule has 0 radical (unpaired) electrons. The van der Waals surface area contributed by atoms with E-state index in [0.29, 0.717) is 35.3 Å². The van der Waals surface area contributed by atoms with Crippen molar-refractivity contribution < 1.29 is 13.9 Å². The van der Waals surface area contributed by atoms with Crippen molar-refractivity contribution in [2.45, 2.75) is 24.2 Å². The topological polar surface area (TPSA) is 47.5 Å². The molecule has 9 heteroatoms. The van der Waals surface area contributed by atoms with Crippen molar-refractivity contribution in [2.24, 2.45) is 5.92 Å². The summed E-state index contributed by atoms with van der Waals surface area (Å²) in [5, 5.41) is 1.20. The number of aromatic nitrogens is 2. The van der Waals surface area contributed by atoms with Gasteiger partial charge in [0.25, 0.3) is 0 Å². The summed E-state index contributed by atoms with van der Waals surface area (Å²) >= 11 is 11.0. The number of benzene rings is 1. The van der Waals surface area contributed by atoms with Gasteiger partial charge < -0.3 is 14.4 Å². The Hall–Kier alpha value is -0.830. The molecule has 3 atom stereocenters. The standard InChI is InChI=1S/C16H16BrClFN3O2S/c1-6-7-4-23-5-8(7)22(2)15-9-13(20-16(21-15)25-3)12(19)10(17)11(18)14(9)24-6/h6-8H,4-5H2,1-3H3. The summed E-state index contributed by atoms with van der Waals surface area (Å²) in [6, 6.07) is 0.0986. The largest absolute Gasteiger partial charge is 0.488 e. The first kappa shape index (κ1) is 17.6. The fraction of sp³-hybridized carbons (Fsp3) is 0.500. The van der Waals surface area contributed by atoms with Crippen molar-refractivity contribution in [3.8, 4) is 5.75 Å². The quantitative estimate of drug-likeness (QED) is 0.371. The summed E-state index contributed by atoms with van der Waals surface area (Å²) in [7, 11) is 1.95. The molecule has 134 valence electrons. The summed E-state index contributed by atoms with van der Waals surface area (Å²) in [5.41, 5.74) is 0.206. The number of ether oxygens (including phenoxy) is 2. The van der Waals surface area contributed by atoms with Gasteiger partial charge in [-0.25, -0.2) is 14.4 Å². The van der Waals surface area contributed by atoms with E-state index in [-0.39, 0.29) is 33.1 Å². The second kappa shape index (κ2) is 6.40. The van der Waals surface area contributed by atoms with Crippen LogP contribution in [0, 0.1) is 11.7 Å². The molecule has 0 saturated carbocycles. The molecule has 3 heterocycles. The molecule has 1 aromatic carbocycles. The Bertz CT molecular complexity index is 871. The number of hydrogen-bond acceptors (Lipinski definition) is 6. The van der Waals surface area contributed by atoms with Crippen LogP contribution >= 0.6 is 39.3 Å². The predicted octanol–water partition coefficient (Wildman–Crippen LogP) is 4.14. The van der Waals surface area contributed by atoms with E-state index in [0.717, 1.165) is 0 Å². The first-order valence-corrected chi connectivity index (χ1v) is 10.2. The van der Waals surface area contributed by atoms with Gasteiger partial charge in [0.2, 0.25) is 0 Å². The number of nitrogens with zero attached hydrogens (tertiary/aromatic N) is 3. The summed E-state index contributed by atoms with van der Waals surface area (Å²) in [6.45, 7) is 3.17. The van der Waals surface area contributed by atoms with Crippen LogP contribution in [-0.2, 0) is 4.74 Å². The number of thioether (sulfide) groups is 1. The maximum atomic E-state index is 14.9. The zero-order chi connectivity index (χ0) is 17.9. The number of rotatable bonds is 1. The lowest BCUT2D eigenvalue weighted by atomic mass is 9.95. The Balaban J connectivity index is 2.10. The highest BCUT2D eigenvalue weighted by atomic mass is 79.9. The zero-order valence-corrected chi connectivity index (χ0v) is 17.0. The number of hydrogen-bond donors (Lipinski definition) is 0. The molecule has 3 unspecified atom stereocenters. The molecule has 1 fully saturated rings. The van der Waals surface area contributed by atoms with E-state index in [1.165, 1.54) is 11.8 Å². The van der Waals surface area contributed by atoms with Crippen molar-refractivity contribution in [2.75, 3.05) is 31.4 Å². The van der Waals surface area contributed by atoms with Crippen LogP contribution in [0.1, 0.15) is 6.92 Å². The first-order chi connectivity index (χ1) is 11.9. The predicted molar refractivity (Wildman–Crippen MR) is 101 cm³/mol. The highest BCUT2D eigenvalue weighted by Gasteiger charge is 2.41. The monoisotopic (exact) mass is 447 g/mol. The van der Waals surface area contributed by atoms with Gasteiger partial charge in [-0.3, -0.25) is 0 Å². The third-order valence-electron chi connectivity index (χ3n) is 4.90. The van der Waals surface area contributed by atoms with Crippen LogP contribution < -0.4 is 9.64 Å². The fourth-order valence-corrected chi connectivity index (χ4v) is 4.45. The van der Waals surface area contributed by atoms with Crippen LogP contribution in [0.3, 0.4) is 0 Å². The minimum Gasteiger partial charge on any atom is -0.488 e. The van der Waals surface area contributed by atoms with E-state index >= 15 is 0 Å². The van der Waals surface area contributed by atoms with E-state index in [1.807, 2.05) is 25.1 Å². The Morgan fingerprint density at radius 1 is 1.36 bits per heavy atom. The Morgan fingerprint density at radius 2 is 2.12 bits per heavy atom. The maximum Gasteiger partial charge on any atom is 0.189 e. The molecule has 0 spiro atoms. The van der Waals surface area contributed by atoms with Gasteiger partial charge in [-0.05, 0) is 29.1 Å². The fourth-order valence-electron chi connectivity index (χ4n) is 3.50. The average Bonchev–Trinajstić information content (AvgIpc) is 3.10. The Morgan fingerprint density at radius 3 is 2.84 bits per heavy atom. The average molecular weight is 449 g/mol. The maximum absolute atomic E-state index is 14.9. The van der Waals surface area contributed by atoms with Crippen LogP contribution in [0.25, 0.3) is 10.9 Å². The van der Waals surface area contributed by atoms with Gasteiger partial charge in [0.1, 0.15) is 22.5 Å². The second-order valence-electron chi connectivity index (χ2n) is 6.23. The third-order valence-corrected chi connectivity index (χ3v) is 6.78. The van der Waals surface area contributed by atoms with Crippen LogP contribution in [0.2, 0.25) is 5.02 Å². The third kappa shape index (κ3) is 2.60. The van der Waals surface area contributed by atoms with E-state index < -0.39 is 5.82 Å². The van der Waals surface area contributed by atoms with Crippen molar-refractivity contribution in [1.29, 1.82) is 0 Å². The molecule has 2 aliphatic heterocycles. The summed E-state index contributed by atoms with van der Waals surface area (Å²) in [6.07, 6.45) is 1.72. The minimum atomic E-state index is -0.507. The number of likely N-dealkylation sites (N-methyl/N-ethyl adjacent to an activating group) is 1. The molecule has 2 aromatic rings. The molecular formula is C16H16BrClFN3O2S. The van der Waals surface area contributed by atoms with Gasteiger partial charge in [-0.2, -0.15) is 0 Å². The number of anilines is 1. The summed E-state index contributed by atoms with van der Waals surface area (Å²) in [5.74, 6) is 0.690. The Labute approximate surface area is 162 Å². The second-order valence-corrected chi connectivity index (χ2v) is 8.18. The summed E-state index contributed by atoms with van der Waals surface area (Å²) < 4.78 is 26.9. The molecule has 0 amide bonds. The molecule has 0 aliphatic carbocycles. The minimum absolute atomic E-state index is 0.0986. The molecular weight excluding hydrogens is 433 g/mol.